The average Bonchev–Trinajstić information content (AvgIpc) is 3.22. The summed E-state index contributed by atoms with van der Waals surface area (Å²) >= 11 is 0. The van der Waals surface area contributed by atoms with E-state index >= 15 is 0 Å². The van der Waals surface area contributed by atoms with Crippen LogP contribution in [0.4, 0.5) is 0 Å². The number of rotatable bonds is 4. The van der Waals surface area contributed by atoms with Crippen LogP contribution in [0.15, 0.2) is 27.9 Å². The lowest BCUT2D eigenvalue weighted by atomic mass is 9.63. The summed E-state index contributed by atoms with van der Waals surface area (Å²) in [6.45, 7) is 7.50. The van der Waals surface area contributed by atoms with Crippen LogP contribution in [0.5, 0.6) is 0 Å². The van der Waals surface area contributed by atoms with Crippen LogP contribution >= 0.6 is 0 Å². The Balaban J connectivity index is 1.85. The molecular formula is C25H29NO7. The summed E-state index contributed by atoms with van der Waals surface area (Å²) in [6, 6.07) is 3.15. The zero-order chi connectivity index (χ0) is 24.3. The highest BCUT2D eigenvalue weighted by Gasteiger charge is 2.49. The molecule has 2 aromatic heterocycles. The van der Waals surface area contributed by atoms with Gasteiger partial charge in [-0.3, -0.25) is 14.4 Å². The van der Waals surface area contributed by atoms with Crippen molar-refractivity contribution in [2.45, 2.75) is 59.3 Å². The van der Waals surface area contributed by atoms with E-state index in [0.717, 1.165) is 0 Å². The maximum Gasteiger partial charge on any atom is 0.354 e. The van der Waals surface area contributed by atoms with Gasteiger partial charge in [-0.05, 0) is 23.0 Å². The van der Waals surface area contributed by atoms with Gasteiger partial charge >= 0.3 is 5.97 Å². The smallest absolute Gasteiger partial charge is 0.354 e. The number of carbonyl (C=O) groups excluding carboxylic acids is 4. The Morgan fingerprint density at radius 3 is 2.21 bits per heavy atom. The number of Topliss-reactive ketones (excluding diaryl/α,β-unsaturated/α-hetero) is 3. The molecule has 8 heteroatoms. The zero-order valence-corrected chi connectivity index (χ0v) is 19.5. The molecule has 2 heterocycles. The van der Waals surface area contributed by atoms with E-state index in [1.165, 1.54) is 7.11 Å². The molecule has 0 bridgehead atoms. The molecule has 33 heavy (non-hydrogen) atoms. The zero-order valence-electron chi connectivity index (χ0n) is 19.5. The number of aromatic amines is 1. The maximum atomic E-state index is 13.2. The third-order valence-electron chi connectivity index (χ3n) is 6.58. The second-order valence-corrected chi connectivity index (χ2v) is 10.8. The van der Waals surface area contributed by atoms with Crippen molar-refractivity contribution >= 4 is 34.4 Å². The number of ether oxygens (including phenoxy) is 1. The Bertz CT molecular complexity index is 1160. The Labute approximate surface area is 191 Å². The van der Waals surface area contributed by atoms with Gasteiger partial charge in [0.15, 0.2) is 5.78 Å². The molecule has 0 amide bonds. The Morgan fingerprint density at radius 2 is 1.67 bits per heavy atom. The summed E-state index contributed by atoms with van der Waals surface area (Å²) in [4.78, 5) is 54.3. The lowest BCUT2D eigenvalue weighted by Crippen LogP contribution is -2.43. The number of aliphatic hydroxyl groups excluding tert-OH is 1. The van der Waals surface area contributed by atoms with Crippen LogP contribution in [-0.4, -0.2) is 40.5 Å². The Kier molecular flexibility index (Phi) is 5.38. The molecule has 2 aromatic rings. The highest BCUT2D eigenvalue weighted by molar-refractivity contribution is 6.09. The van der Waals surface area contributed by atoms with Crippen molar-refractivity contribution in [3.05, 3.63) is 34.9 Å². The van der Waals surface area contributed by atoms with Gasteiger partial charge in [0.2, 0.25) is 5.71 Å². The molecule has 0 aromatic carbocycles. The van der Waals surface area contributed by atoms with Gasteiger partial charge in [-0.2, -0.15) is 0 Å². The number of methoxy groups -OCH3 is 1. The first kappa shape index (κ1) is 23.0. The minimum Gasteiger partial charge on any atom is -0.512 e. The van der Waals surface area contributed by atoms with Crippen LogP contribution in [0.2, 0.25) is 0 Å². The van der Waals surface area contributed by atoms with E-state index in [1.807, 2.05) is 27.7 Å². The van der Waals surface area contributed by atoms with Gasteiger partial charge in [-0.1, -0.05) is 27.7 Å². The van der Waals surface area contributed by atoms with Gasteiger partial charge in [0.05, 0.1) is 18.9 Å². The summed E-state index contributed by atoms with van der Waals surface area (Å²) in [6.07, 6.45) is 0.835. The number of ketones is 3. The fourth-order valence-electron chi connectivity index (χ4n) is 5.22. The molecule has 0 radical (unpaired) electrons. The van der Waals surface area contributed by atoms with Crippen molar-refractivity contribution in [1.82, 2.24) is 4.98 Å². The fraction of sp³-hybridized carbons (Fsp3) is 0.520. The topological polar surface area (TPSA) is 127 Å². The summed E-state index contributed by atoms with van der Waals surface area (Å²) in [5, 5.41) is 11.4. The standard InChI is InChI=1S/C25H29NO7/c1-24(2)8-14(27)19(15(28)9-24)21(20-16(29)10-25(3,4)11-17(20)30)18-7-12-6-13(23(31)32-5)26-22(12)33-18/h6-7,19,21,26,29H,8-11H2,1-5H3. The number of hydrogen-bond acceptors (Lipinski definition) is 7. The summed E-state index contributed by atoms with van der Waals surface area (Å²) in [7, 11) is 1.26. The van der Waals surface area contributed by atoms with E-state index < -0.39 is 28.6 Å². The monoisotopic (exact) mass is 455 g/mol. The van der Waals surface area contributed by atoms with Crippen molar-refractivity contribution in [2.24, 2.45) is 16.7 Å². The molecule has 2 aliphatic carbocycles. The van der Waals surface area contributed by atoms with E-state index in [0.29, 0.717) is 5.39 Å². The molecule has 1 fully saturated rings. The summed E-state index contributed by atoms with van der Waals surface area (Å²) in [5.41, 5.74) is -0.365. The third kappa shape index (κ3) is 4.14. The predicted octanol–water partition coefficient (Wildman–Crippen LogP) is 4.41. The normalized spacial score (nSPS) is 22.2. The van der Waals surface area contributed by atoms with Gasteiger partial charge in [0.1, 0.15) is 28.8 Å². The molecule has 8 nitrogen and oxygen atoms in total. The quantitative estimate of drug-likeness (QED) is 0.516. The van der Waals surface area contributed by atoms with Gasteiger partial charge < -0.3 is 19.2 Å². The minimum absolute atomic E-state index is 0.0744. The van der Waals surface area contributed by atoms with E-state index in [-0.39, 0.29) is 71.5 Å². The second kappa shape index (κ2) is 7.71. The molecule has 2 aliphatic rings. The number of fused-ring (bicyclic) bond motifs is 1. The molecule has 0 saturated heterocycles. The molecule has 4 rings (SSSR count). The molecule has 1 saturated carbocycles. The summed E-state index contributed by atoms with van der Waals surface area (Å²) in [5.74, 6) is -3.42. The molecule has 1 unspecified atom stereocenters. The van der Waals surface area contributed by atoms with Crippen LogP contribution in [0.1, 0.15) is 75.5 Å². The average molecular weight is 456 g/mol. The van der Waals surface area contributed by atoms with Crippen LogP contribution in [0.3, 0.4) is 0 Å². The number of allylic oxidation sites excluding steroid dienone is 2. The maximum absolute atomic E-state index is 13.2. The lowest BCUT2D eigenvalue weighted by Gasteiger charge is -2.38. The van der Waals surface area contributed by atoms with Crippen molar-refractivity contribution in [3.63, 3.8) is 0 Å². The van der Waals surface area contributed by atoms with Crippen molar-refractivity contribution in [2.75, 3.05) is 7.11 Å². The molecule has 1 atom stereocenters. The van der Waals surface area contributed by atoms with E-state index in [2.05, 4.69) is 4.98 Å². The highest BCUT2D eigenvalue weighted by Crippen LogP contribution is 2.48. The van der Waals surface area contributed by atoms with Gasteiger partial charge in [-0.25, -0.2) is 4.79 Å². The first-order chi connectivity index (χ1) is 15.3. The number of furan rings is 1. The second-order valence-electron chi connectivity index (χ2n) is 10.8. The Hall–Kier alpha value is -3.16. The highest BCUT2D eigenvalue weighted by atomic mass is 16.5. The number of carbonyl (C=O) groups is 4. The number of nitrogens with one attached hydrogen (secondary N) is 1. The largest absolute Gasteiger partial charge is 0.512 e. The first-order valence-corrected chi connectivity index (χ1v) is 11.0. The van der Waals surface area contributed by atoms with Crippen LogP contribution in [0.25, 0.3) is 11.1 Å². The van der Waals surface area contributed by atoms with Crippen molar-refractivity contribution < 1.29 is 33.4 Å². The number of esters is 1. The number of aliphatic hydroxyl groups is 1. The van der Waals surface area contributed by atoms with Crippen molar-refractivity contribution in [3.8, 4) is 0 Å². The predicted molar refractivity (Wildman–Crippen MR) is 119 cm³/mol. The SMILES string of the molecule is COC(=O)c1cc2cc(C(C3=C(O)CC(C)(C)CC3=O)C3C(=O)CC(C)(C)CC3=O)oc2[nH]1. The van der Waals surface area contributed by atoms with Crippen LogP contribution in [0, 0.1) is 16.7 Å². The molecule has 0 spiro atoms. The number of hydrogen-bond donors (Lipinski definition) is 2. The Morgan fingerprint density at radius 1 is 1.06 bits per heavy atom. The van der Waals surface area contributed by atoms with Gasteiger partial charge in [0.25, 0.3) is 0 Å². The fourth-order valence-corrected chi connectivity index (χ4v) is 5.22. The van der Waals surface area contributed by atoms with Crippen molar-refractivity contribution in [1.29, 1.82) is 0 Å². The van der Waals surface area contributed by atoms with Crippen LogP contribution < -0.4 is 0 Å². The van der Waals surface area contributed by atoms with E-state index in [1.54, 1.807) is 12.1 Å². The minimum atomic E-state index is -1.12. The number of H-pyrrole nitrogens is 1. The third-order valence-corrected chi connectivity index (χ3v) is 6.58. The van der Waals surface area contributed by atoms with Crippen LogP contribution in [-0.2, 0) is 19.1 Å². The molecule has 176 valence electrons. The molecule has 0 aliphatic heterocycles. The lowest BCUT2D eigenvalue weighted by molar-refractivity contribution is -0.140. The van der Waals surface area contributed by atoms with Gasteiger partial charge in [0, 0.05) is 36.6 Å². The van der Waals surface area contributed by atoms with E-state index in [4.69, 9.17) is 9.15 Å². The van der Waals surface area contributed by atoms with Gasteiger partial charge in [-0.15, -0.1) is 0 Å². The molecular weight excluding hydrogens is 426 g/mol. The summed E-state index contributed by atoms with van der Waals surface area (Å²) < 4.78 is 10.7. The first-order valence-electron chi connectivity index (χ1n) is 11.0. The van der Waals surface area contributed by atoms with E-state index in [9.17, 15) is 24.3 Å². The molecule has 2 N–H and O–H groups in total. The number of aromatic nitrogens is 1.